The van der Waals surface area contributed by atoms with Crippen LogP contribution in [-0.4, -0.2) is 30.6 Å². The van der Waals surface area contributed by atoms with Gasteiger partial charge in [-0.2, -0.15) is 0 Å². The molecule has 0 aromatic carbocycles. The van der Waals surface area contributed by atoms with Crippen molar-refractivity contribution in [3.8, 4) is 0 Å². The quantitative estimate of drug-likeness (QED) is 0.684. The summed E-state index contributed by atoms with van der Waals surface area (Å²) in [5.41, 5.74) is 6.04. The first-order valence-corrected chi connectivity index (χ1v) is 5.70. The van der Waals surface area contributed by atoms with E-state index in [4.69, 9.17) is 5.73 Å². The Balaban J connectivity index is 2.07. The molecule has 0 aromatic rings. The van der Waals surface area contributed by atoms with Gasteiger partial charge < -0.3 is 10.6 Å². The number of hydrogen-bond donors (Lipinski definition) is 1. The van der Waals surface area contributed by atoms with Crippen molar-refractivity contribution >= 4 is 0 Å². The summed E-state index contributed by atoms with van der Waals surface area (Å²) in [6.07, 6.45) is 7.92. The lowest BCUT2D eigenvalue weighted by molar-refractivity contribution is 0.149. The molecule has 0 radical (unpaired) electrons. The monoisotopic (exact) mass is 184 g/mol. The van der Waals surface area contributed by atoms with Crippen molar-refractivity contribution in [2.45, 2.75) is 57.5 Å². The maximum absolute atomic E-state index is 6.04. The standard InChI is InChI=1S/C11H24N2/c1-3-4-6-10(12)9-13(2)11-7-5-8-11/h10-11H,3-9,12H2,1-2H3. The van der Waals surface area contributed by atoms with Crippen LogP contribution in [0.5, 0.6) is 0 Å². The van der Waals surface area contributed by atoms with E-state index in [2.05, 4.69) is 18.9 Å². The van der Waals surface area contributed by atoms with Gasteiger partial charge in [0.2, 0.25) is 0 Å². The van der Waals surface area contributed by atoms with Crippen LogP contribution in [0.1, 0.15) is 45.4 Å². The maximum atomic E-state index is 6.04. The fourth-order valence-corrected chi connectivity index (χ4v) is 1.90. The zero-order valence-electron chi connectivity index (χ0n) is 9.13. The van der Waals surface area contributed by atoms with Gasteiger partial charge in [0, 0.05) is 18.6 Å². The minimum absolute atomic E-state index is 0.394. The molecule has 1 aliphatic carbocycles. The van der Waals surface area contributed by atoms with Gasteiger partial charge in [-0.05, 0) is 26.3 Å². The van der Waals surface area contributed by atoms with Crippen LogP contribution >= 0.6 is 0 Å². The summed E-state index contributed by atoms with van der Waals surface area (Å²) in [4.78, 5) is 2.45. The van der Waals surface area contributed by atoms with Crippen molar-refractivity contribution in [2.24, 2.45) is 5.73 Å². The molecule has 1 rings (SSSR count). The third-order valence-electron chi connectivity index (χ3n) is 3.15. The summed E-state index contributed by atoms with van der Waals surface area (Å²) in [6.45, 7) is 3.31. The van der Waals surface area contributed by atoms with Gasteiger partial charge >= 0.3 is 0 Å². The largest absolute Gasteiger partial charge is 0.327 e. The molecule has 1 saturated carbocycles. The van der Waals surface area contributed by atoms with Gasteiger partial charge in [-0.3, -0.25) is 0 Å². The Kier molecular flexibility index (Phi) is 4.74. The normalized spacial score (nSPS) is 20.3. The van der Waals surface area contributed by atoms with Crippen molar-refractivity contribution < 1.29 is 0 Å². The Labute approximate surface area is 82.5 Å². The maximum Gasteiger partial charge on any atom is 0.0167 e. The van der Waals surface area contributed by atoms with Crippen LogP contribution in [0, 0.1) is 0 Å². The highest BCUT2D eigenvalue weighted by molar-refractivity contribution is 4.80. The molecule has 1 fully saturated rings. The van der Waals surface area contributed by atoms with Crippen molar-refractivity contribution in [3.05, 3.63) is 0 Å². The molecule has 0 saturated heterocycles. The van der Waals surface area contributed by atoms with Gasteiger partial charge in [0.15, 0.2) is 0 Å². The van der Waals surface area contributed by atoms with Gasteiger partial charge in [-0.25, -0.2) is 0 Å². The number of hydrogen-bond acceptors (Lipinski definition) is 2. The fourth-order valence-electron chi connectivity index (χ4n) is 1.90. The summed E-state index contributed by atoms with van der Waals surface area (Å²) in [5, 5.41) is 0. The van der Waals surface area contributed by atoms with Crippen LogP contribution in [0.3, 0.4) is 0 Å². The molecule has 0 aliphatic heterocycles. The molecule has 1 aliphatic rings. The molecule has 2 N–H and O–H groups in total. The Bertz CT molecular complexity index is 132. The zero-order valence-corrected chi connectivity index (χ0v) is 9.13. The van der Waals surface area contributed by atoms with Gasteiger partial charge in [-0.1, -0.05) is 26.2 Å². The van der Waals surface area contributed by atoms with E-state index in [1.165, 1.54) is 38.5 Å². The van der Waals surface area contributed by atoms with Crippen LogP contribution in [0.4, 0.5) is 0 Å². The van der Waals surface area contributed by atoms with Crippen LogP contribution < -0.4 is 5.73 Å². The van der Waals surface area contributed by atoms with Crippen molar-refractivity contribution in [1.29, 1.82) is 0 Å². The molecule has 1 atom stereocenters. The second kappa shape index (κ2) is 5.61. The third kappa shape index (κ3) is 3.65. The first kappa shape index (κ1) is 11.0. The zero-order chi connectivity index (χ0) is 9.68. The Hall–Kier alpha value is -0.0800. The average Bonchev–Trinajstić information content (AvgIpc) is 1.97. The fraction of sp³-hybridized carbons (Fsp3) is 1.00. The first-order chi connectivity index (χ1) is 6.24. The highest BCUT2D eigenvalue weighted by atomic mass is 15.1. The second-order valence-electron chi connectivity index (χ2n) is 4.43. The van der Waals surface area contributed by atoms with E-state index in [-0.39, 0.29) is 0 Å². The average molecular weight is 184 g/mol. The van der Waals surface area contributed by atoms with Crippen LogP contribution in [0.15, 0.2) is 0 Å². The Morgan fingerprint density at radius 3 is 2.62 bits per heavy atom. The molecule has 0 amide bonds. The van der Waals surface area contributed by atoms with Crippen molar-refractivity contribution in [2.75, 3.05) is 13.6 Å². The molecule has 2 heteroatoms. The van der Waals surface area contributed by atoms with Gasteiger partial charge in [0.25, 0.3) is 0 Å². The highest BCUT2D eigenvalue weighted by Crippen LogP contribution is 2.23. The van der Waals surface area contributed by atoms with Crippen molar-refractivity contribution in [1.82, 2.24) is 4.90 Å². The van der Waals surface area contributed by atoms with E-state index in [0.717, 1.165) is 12.6 Å². The molecule has 0 aromatic heterocycles. The molecule has 0 heterocycles. The topological polar surface area (TPSA) is 29.3 Å². The van der Waals surface area contributed by atoms with Gasteiger partial charge in [0.05, 0.1) is 0 Å². The number of nitrogens with zero attached hydrogens (tertiary/aromatic N) is 1. The summed E-state index contributed by atoms with van der Waals surface area (Å²) in [7, 11) is 2.22. The van der Waals surface area contributed by atoms with Crippen molar-refractivity contribution in [3.63, 3.8) is 0 Å². The number of unbranched alkanes of at least 4 members (excludes halogenated alkanes) is 1. The summed E-state index contributed by atoms with van der Waals surface area (Å²) in [5.74, 6) is 0. The van der Waals surface area contributed by atoms with E-state index >= 15 is 0 Å². The molecular formula is C11H24N2. The predicted molar refractivity (Wildman–Crippen MR) is 57.8 cm³/mol. The smallest absolute Gasteiger partial charge is 0.0167 e. The minimum Gasteiger partial charge on any atom is -0.327 e. The molecular weight excluding hydrogens is 160 g/mol. The number of nitrogens with two attached hydrogens (primary N) is 1. The first-order valence-electron chi connectivity index (χ1n) is 5.70. The molecule has 13 heavy (non-hydrogen) atoms. The van der Waals surface area contributed by atoms with Crippen LogP contribution in [0.25, 0.3) is 0 Å². The lowest BCUT2D eigenvalue weighted by atomic mass is 9.91. The predicted octanol–water partition coefficient (Wildman–Crippen LogP) is 1.99. The van der Waals surface area contributed by atoms with Crippen LogP contribution in [0.2, 0.25) is 0 Å². The van der Waals surface area contributed by atoms with Gasteiger partial charge in [-0.15, -0.1) is 0 Å². The molecule has 0 spiro atoms. The van der Waals surface area contributed by atoms with E-state index in [0.29, 0.717) is 6.04 Å². The van der Waals surface area contributed by atoms with E-state index in [1.54, 1.807) is 0 Å². The lowest BCUT2D eigenvalue weighted by Gasteiger charge is -2.36. The molecule has 1 unspecified atom stereocenters. The Morgan fingerprint density at radius 1 is 1.46 bits per heavy atom. The molecule has 0 bridgehead atoms. The molecule has 2 nitrogen and oxygen atoms in total. The van der Waals surface area contributed by atoms with E-state index in [9.17, 15) is 0 Å². The SMILES string of the molecule is CCCCC(N)CN(C)C1CCC1. The summed E-state index contributed by atoms with van der Waals surface area (Å²) < 4.78 is 0. The number of likely N-dealkylation sites (N-methyl/N-ethyl adjacent to an activating group) is 1. The van der Waals surface area contributed by atoms with Gasteiger partial charge in [0.1, 0.15) is 0 Å². The molecule has 78 valence electrons. The van der Waals surface area contributed by atoms with E-state index in [1.807, 2.05) is 0 Å². The summed E-state index contributed by atoms with van der Waals surface area (Å²) in [6, 6.07) is 1.23. The number of rotatable bonds is 6. The van der Waals surface area contributed by atoms with E-state index < -0.39 is 0 Å². The third-order valence-corrected chi connectivity index (χ3v) is 3.15. The minimum atomic E-state index is 0.394. The highest BCUT2D eigenvalue weighted by Gasteiger charge is 2.22. The lowest BCUT2D eigenvalue weighted by Crippen LogP contribution is -2.44. The Morgan fingerprint density at radius 2 is 2.15 bits per heavy atom. The summed E-state index contributed by atoms with van der Waals surface area (Å²) >= 11 is 0. The van der Waals surface area contributed by atoms with Crippen LogP contribution in [-0.2, 0) is 0 Å². The second-order valence-corrected chi connectivity index (χ2v) is 4.43.